The van der Waals surface area contributed by atoms with E-state index in [4.69, 9.17) is 5.73 Å². The largest absolute Gasteiger partial charge is 0.342 e. The van der Waals surface area contributed by atoms with Gasteiger partial charge in [-0.1, -0.05) is 13.3 Å². The van der Waals surface area contributed by atoms with Crippen molar-refractivity contribution in [2.45, 2.75) is 57.9 Å². The molecule has 0 aromatic heterocycles. The van der Waals surface area contributed by atoms with Gasteiger partial charge in [-0.3, -0.25) is 4.79 Å². The minimum absolute atomic E-state index is 0. The number of hydrogen-bond acceptors (Lipinski definition) is 3. The molecule has 0 spiro atoms. The van der Waals surface area contributed by atoms with Crippen molar-refractivity contribution >= 4 is 30.7 Å². The lowest BCUT2D eigenvalue weighted by Gasteiger charge is -2.44. The Balaban J connectivity index is 0.00000156. The predicted molar refractivity (Wildman–Crippen MR) is 109 cm³/mol. The molecule has 1 saturated heterocycles. The summed E-state index contributed by atoms with van der Waals surface area (Å²) < 4.78 is 0. The van der Waals surface area contributed by atoms with Crippen LogP contribution in [-0.4, -0.2) is 55.0 Å². The van der Waals surface area contributed by atoms with Gasteiger partial charge in [0.05, 0.1) is 0 Å². The summed E-state index contributed by atoms with van der Waals surface area (Å²) in [6.07, 6.45) is 8.29. The molecular weight excluding hydrogens is 357 g/mol. The van der Waals surface area contributed by atoms with Gasteiger partial charge in [0.25, 0.3) is 0 Å². The number of fused-ring (bicyclic) bond motifs is 2. The molecule has 3 atom stereocenters. The SMILES string of the molecule is CCCN(C)CC1CCN(C(=O)C2CC3CCCC(C2)C3N)C1.Cl.Cl. The first-order valence-electron chi connectivity index (χ1n) is 9.81. The number of hydrogen-bond donors (Lipinski definition) is 1. The molecule has 0 aromatic carbocycles. The van der Waals surface area contributed by atoms with Gasteiger partial charge < -0.3 is 15.5 Å². The Kier molecular flexibility index (Phi) is 9.52. The number of rotatable bonds is 5. The molecule has 6 heteroatoms. The average molecular weight is 394 g/mol. The van der Waals surface area contributed by atoms with Crippen LogP contribution in [0.5, 0.6) is 0 Å². The summed E-state index contributed by atoms with van der Waals surface area (Å²) in [6, 6.07) is 0.363. The van der Waals surface area contributed by atoms with Crippen molar-refractivity contribution in [2.24, 2.45) is 29.4 Å². The van der Waals surface area contributed by atoms with Crippen molar-refractivity contribution in [3.05, 3.63) is 0 Å². The molecule has 1 heterocycles. The molecule has 3 rings (SSSR count). The summed E-state index contributed by atoms with van der Waals surface area (Å²) >= 11 is 0. The van der Waals surface area contributed by atoms with Gasteiger partial charge in [-0.05, 0) is 69.9 Å². The Labute approximate surface area is 166 Å². The molecule has 2 bridgehead atoms. The molecule has 2 aliphatic carbocycles. The fraction of sp³-hybridized carbons (Fsp3) is 0.947. The second-order valence-corrected chi connectivity index (χ2v) is 8.40. The van der Waals surface area contributed by atoms with Crippen LogP contribution in [0.2, 0.25) is 0 Å². The van der Waals surface area contributed by atoms with E-state index >= 15 is 0 Å². The minimum atomic E-state index is 0. The molecule has 1 amide bonds. The van der Waals surface area contributed by atoms with Gasteiger partial charge >= 0.3 is 0 Å². The summed E-state index contributed by atoms with van der Waals surface area (Å²) in [4.78, 5) is 17.6. The van der Waals surface area contributed by atoms with Crippen molar-refractivity contribution in [3.8, 4) is 0 Å². The second-order valence-electron chi connectivity index (χ2n) is 8.40. The molecule has 148 valence electrons. The molecule has 0 radical (unpaired) electrons. The van der Waals surface area contributed by atoms with Gasteiger partial charge in [0.1, 0.15) is 0 Å². The molecule has 3 aliphatic rings. The Morgan fingerprint density at radius 2 is 1.80 bits per heavy atom. The topological polar surface area (TPSA) is 49.6 Å². The van der Waals surface area contributed by atoms with Crippen LogP contribution in [0.1, 0.15) is 51.9 Å². The maximum atomic E-state index is 13.0. The highest BCUT2D eigenvalue weighted by Gasteiger charge is 2.42. The van der Waals surface area contributed by atoms with Gasteiger partial charge in [0, 0.05) is 31.6 Å². The molecule has 2 saturated carbocycles. The summed E-state index contributed by atoms with van der Waals surface area (Å²) in [6.45, 7) is 6.48. The summed E-state index contributed by atoms with van der Waals surface area (Å²) in [7, 11) is 2.21. The van der Waals surface area contributed by atoms with Crippen LogP contribution in [-0.2, 0) is 4.79 Å². The van der Waals surface area contributed by atoms with E-state index in [2.05, 4.69) is 23.8 Å². The lowest BCUT2D eigenvalue weighted by molar-refractivity contribution is -0.137. The van der Waals surface area contributed by atoms with E-state index in [1.807, 2.05) is 0 Å². The average Bonchev–Trinajstić information content (AvgIpc) is 2.95. The highest BCUT2D eigenvalue weighted by Crippen LogP contribution is 2.42. The number of likely N-dealkylation sites (tertiary alicyclic amines) is 1. The standard InChI is InChI=1S/C19H35N3O.2ClH/c1-3-8-21(2)12-14-7-9-22(13-14)19(23)17-10-15-5-4-6-16(11-17)18(15)20;;/h14-18H,3-13,20H2,1-2H3;2*1H. The number of amides is 1. The lowest BCUT2D eigenvalue weighted by Crippen LogP contribution is -2.49. The number of nitrogens with two attached hydrogens (primary N) is 1. The second kappa shape index (κ2) is 10.3. The number of carbonyl (C=O) groups excluding carboxylic acids is 1. The summed E-state index contributed by atoms with van der Waals surface area (Å²) in [5, 5.41) is 0. The Morgan fingerprint density at radius 3 is 2.40 bits per heavy atom. The van der Waals surface area contributed by atoms with Gasteiger partial charge in [-0.25, -0.2) is 0 Å². The molecule has 4 nitrogen and oxygen atoms in total. The first kappa shape index (κ1) is 23.0. The Hall–Kier alpha value is -0.0300. The zero-order valence-electron chi connectivity index (χ0n) is 15.9. The highest BCUT2D eigenvalue weighted by atomic mass is 35.5. The maximum Gasteiger partial charge on any atom is 0.225 e. The lowest BCUT2D eigenvalue weighted by atomic mass is 9.65. The van der Waals surface area contributed by atoms with Crippen molar-refractivity contribution in [2.75, 3.05) is 33.2 Å². The third-order valence-electron chi connectivity index (χ3n) is 6.53. The van der Waals surface area contributed by atoms with Crippen LogP contribution < -0.4 is 5.73 Å². The number of carbonyl (C=O) groups is 1. The Morgan fingerprint density at radius 1 is 1.16 bits per heavy atom. The molecule has 25 heavy (non-hydrogen) atoms. The van der Waals surface area contributed by atoms with E-state index in [0.717, 1.165) is 39.0 Å². The molecule has 3 fully saturated rings. The van der Waals surface area contributed by atoms with Crippen LogP contribution in [0.4, 0.5) is 0 Å². The van der Waals surface area contributed by atoms with Crippen LogP contribution in [0.15, 0.2) is 0 Å². The molecular formula is C19H37Cl2N3O. The van der Waals surface area contributed by atoms with E-state index in [-0.39, 0.29) is 30.7 Å². The smallest absolute Gasteiger partial charge is 0.225 e. The van der Waals surface area contributed by atoms with Gasteiger partial charge in [-0.15, -0.1) is 24.8 Å². The fourth-order valence-corrected chi connectivity index (χ4v) is 5.34. The molecule has 1 aliphatic heterocycles. The van der Waals surface area contributed by atoms with Crippen LogP contribution in [0, 0.1) is 23.7 Å². The van der Waals surface area contributed by atoms with Gasteiger partial charge in [-0.2, -0.15) is 0 Å². The first-order chi connectivity index (χ1) is 11.1. The minimum Gasteiger partial charge on any atom is -0.342 e. The third-order valence-corrected chi connectivity index (χ3v) is 6.53. The normalized spacial score (nSPS) is 34.4. The van der Waals surface area contributed by atoms with E-state index in [9.17, 15) is 4.79 Å². The van der Waals surface area contributed by atoms with Gasteiger partial charge in [0.15, 0.2) is 0 Å². The predicted octanol–water partition coefficient (Wildman–Crippen LogP) is 3.17. The van der Waals surface area contributed by atoms with E-state index in [0.29, 0.717) is 29.7 Å². The quantitative estimate of drug-likeness (QED) is 0.779. The van der Waals surface area contributed by atoms with E-state index in [1.165, 1.54) is 32.1 Å². The zero-order chi connectivity index (χ0) is 16.4. The van der Waals surface area contributed by atoms with Crippen molar-refractivity contribution < 1.29 is 4.79 Å². The molecule has 0 aromatic rings. The monoisotopic (exact) mass is 393 g/mol. The Bertz CT molecular complexity index is 409. The van der Waals surface area contributed by atoms with Crippen molar-refractivity contribution in [1.29, 1.82) is 0 Å². The summed E-state index contributed by atoms with van der Waals surface area (Å²) in [5.74, 6) is 2.57. The maximum absolute atomic E-state index is 13.0. The van der Waals surface area contributed by atoms with Crippen LogP contribution in [0.3, 0.4) is 0 Å². The van der Waals surface area contributed by atoms with E-state index in [1.54, 1.807) is 0 Å². The van der Waals surface area contributed by atoms with Crippen LogP contribution >= 0.6 is 24.8 Å². The van der Waals surface area contributed by atoms with Crippen molar-refractivity contribution in [1.82, 2.24) is 9.80 Å². The highest BCUT2D eigenvalue weighted by molar-refractivity contribution is 5.85. The fourth-order valence-electron chi connectivity index (χ4n) is 5.34. The molecule has 3 unspecified atom stereocenters. The third kappa shape index (κ3) is 5.47. The van der Waals surface area contributed by atoms with Crippen LogP contribution in [0.25, 0.3) is 0 Å². The number of nitrogens with zero attached hydrogens (tertiary/aromatic N) is 2. The van der Waals surface area contributed by atoms with Crippen molar-refractivity contribution in [3.63, 3.8) is 0 Å². The molecule has 2 N–H and O–H groups in total. The van der Waals surface area contributed by atoms with Gasteiger partial charge in [0.2, 0.25) is 5.91 Å². The zero-order valence-corrected chi connectivity index (χ0v) is 17.5. The first-order valence-corrected chi connectivity index (χ1v) is 9.81. The summed E-state index contributed by atoms with van der Waals surface area (Å²) in [5.41, 5.74) is 6.38. The van der Waals surface area contributed by atoms with E-state index < -0.39 is 0 Å². The number of halogens is 2.